The van der Waals surface area contributed by atoms with Gasteiger partial charge in [-0.3, -0.25) is 9.69 Å². The fourth-order valence-electron chi connectivity index (χ4n) is 3.01. The predicted octanol–water partition coefficient (Wildman–Crippen LogP) is 1.92. The molecule has 11 nitrogen and oxygen atoms in total. The summed E-state index contributed by atoms with van der Waals surface area (Å²) < 4.78 is 6.30. The molecule has 0 saturated carbocycles. The zero-order valence-electron chi connectivity index (χ0n) is 18.0. The summed E-state index contributed by atoms with van der Waals surface area (Å²) in [5, 5.41) is 19.6. The minimum absolute atomic E-state index is 0.192. The molecule has 3 rings (SSSR count). The fraction of sp³-hybridized carbons (Fsp3) is 0.143. The van der Waals surface area contributed by atoms with Gasteiger partial charge in [0.15, 0.2) is 0 Å². The van der Waals surface area contributed by atoms with E-state index in [4.69, 9.17) is 17.0 Å². The highest BCUT2D eigenvalue weighted by atomic mass is 16.5. The molecule has 32 heavy (non-hydrogen) atoms. The average molecular weight is 435 g/mol. The highest BCUT2D eigenvalue weighted by Gasteiger charge is 2.16. The van der Waals surface area contributed by atoms with Gasteiger partial charge >= 0.3 is 5.97 Å². The molecule has 166 valence electrons. The number of ether oxygens (including phenoxy) is 1. The molecule has 0 saturated heterocycles. The van der Waals surface area contributed by atoms with Crippen molar-refractivity contribution in [1.29, 1.82) is 5.41 Å². The molecule has 0 aliphatic heterocycles. The molecule has 1 aromatic carbocycles. The molecule has 0 bridgehead atoms. The van der Waals surface area contributed by atoms with Crippen LogP contribution in [0.4, 0.5) is 23.1 Å². The van der Waals surface area contributed by atoms with Crippen molar-refractivity contribution in [1.82, 2.24) is 14.8 Å². The van der Waals surface area contributed by atoms with Gasteiger partial charge in [0.05, 0.1) is 30.3 Å². The quantitative estimate of drug-likeness (QED) is 0.117. The molecule has 2 aromatic heterocycles. The number of rotatable bonds is 8. The van der Waals surface area contributed by atoms with Crippen LogP contribution in [-0.2, 0) is 16.6 Å². The Hall–Kier alpha value is -4.38. The van der Waals surface area contributed by atoms with Crippen molar-refractivity contribution in [3.8, 4) is 11.3 Å². The van der Waals surface area contributed by atoms with Crippen molar-refractivity contribution in [2.45, 2.75) is 0 Å². The summed E-state index contributed by atoms with van der Waals surface area (Å²) in [6.07, 6.45) is 2.33. The Balaban J connectivity index is 2.00. The van der Waals surface area contributed by atoms with E-state index < -0.39 is 5.97 Å². The van der Waals surface area contributed by atoms with Crippen molar-refractivity contribution < 1.29 is 9.53 Å². The summed E-state index contributed by atoms with van der Waals surface area (Å²) in [4.78, 5) is 16.1. The molecule has 0 spiro atoms. The van der Waals surface area contributed by atoms with Gasteiger partial charge in [-0.05, 0) is 0 Å². The number of hydrogen-bond acceptors (Lipinski definition) is 10. The molecule has 2 heterocycles. The lowest BCUT2D eigenvalue weighted by Crippen LogP contribution is -2.29. The topological polar surface area (TPSA) is 160 Å². The monoisotopic (exact) mass is 435 g/mol. The number of nitrogens with one attached hydrogen (secondary N) is 3. The Morgan fingerprint density at radius 2 is 2.00 bits per heavy atom. The number of esters is 1. The molecule has 0 atom stereocenters. The number of aromatic nitrogens is 3. The SMILES string of the molecule is CNc1nc(Nc2cc(-c3ccccc3)nn2C)cc(N(N)/C=C(\N)C(=O)OC)c1C=N. The molecule has 0 aliphatic rings. The van der Waals surface area contributed by atoms with E-state index in [0.29, 0.717) is 28.7 Å². The van der Waals surface area contributed by atoms with E-state index in [-0.39, 0.29) is 5.70 Å². The molecule has 0 unspecified atom stereocenters. The number of methoxy groups -OCH3 is 1. The van der Waals surface area contributed by atoms with E-state index in [0.717, 1.165) is 22.5 Å². The number of benzene rings is 1. The van der Waals surface area contributed by atoms with Crippen LogP contribution in [0, 0.1) is 5.41 Å². The zero-order chi connectivity index (χ0) is 23.3. The summed E-state index contributed by atoms with van der Waals surface area (Å²) >= 11 is 0. The maximum absolute atomic E-state index is 11.6. The van der Waals surface area contributed by atoms with Crippen molar-refractivity contribution in [3.05, 3.63) is 59.9 Å². The van der Waals surface area contributed by atoms with Gasteiger partial charge in [0.1, 0.15) is 23.2 Å². The summed E-state index contributed by atoms with van der Waals surface area (Å²) in [6, 6.07) is 13.3. The Bertz CT molecular complexity index is 1160. The molecule has 7 N–H and O–H groups in total. The highest BCUT2D eigenvalue weighted by Crippen LogP contribution is 2.29. The van der Waals surface area contributed by atoms with Crippen LogP contribution in [0.1, 0.15) is 5.56 Å². The lowest BCUT2D eigenvalue weighted by molar-refractivity contribution is -0.136. The van der Waals surface area contributed by atoms with Crippen molar-refractivity contribution >= 4 is 35.3 Å². The second kappa shape index (κ2) is 9.62. The van der Waals surface area contributed by atoms with Gasteiger partial charge in [-0.2, -0.15) is 5.10 Å². The number of hydrogen-bond donors (Lipinski definition) is 5. The lowest BCUT2D eigenvalue weighted by atomic mass is 10.1. The van der Waals surface area contributed by atoms with Gasteiger partial charge in [-0.15, -0.1) is 0 Å². The largest absolute Gasteiger partial charge is 0.464 e. The van der Waals surface area contributed by atoms with Crippen LogP contribution in [0.25, 0.3) is 11.3 Å². The van der Waals surface area contributed by atoms with E-state index in [1.165, 1.54) is 13.3 Å². The first-order valence-electron chi connectivity index (χ1n) is 9.57. The summed E-state index contributed by atoms with van der Waals surface area (Å²) in [5.74, 6) is 6.95. The van der Waals surface area contributed by atoms with E-state index >= 15 is 0 Å². The van der Waals surface area contributed by atoms with Crippen molar-refractivity contribution in [2.75, 3.05) is 29.8 Å². The highest BCUT2D eigenvalue weighted by molar-refractivity contribution is 5.94. The lowest BCUT2D eigenvalue weighted by Gasteiger charge is -2.20. The number of anilines is 4. The maximum atomic E-state index is 11.6. The van der Waals surface area contributed by atoms with Crippen molar-refractivity contribution in [2.24, 2.45) is 18.6 Å². The second-order valence-electron chi connectivity index (χ2n) is 6.70. The van der Waals surface area contributed by atoms with Crippen LogP contribution in [0.15, 0.2) is 54.4 Å². The number of nitrogens with two attached hydrogens (primary N) is 2. The number of hydrazine groups is 1. The first-order chi connectivity index (χ1) is 15.4. The number of pyridine rings is 1. The number of aryl methyl sites for hydroxylation is 1. The minimum Gasteiger partial charge on any atom is -0.464 e. The fourth-order valence-corrected chi connectivity index (χ4v) is 3.01. The number of carbonyl (C=O) groups excluding carboxylic acids is 1. The third kappa shape index (κ3) is 4.68. The molecule has 3 aromatic rings. The van der Waals surface area contributed by atoms with Crippen molar-refractivity contribution in [3.63, 3.8) is 0 Å². The second-order valence-corrected chi connectivity index (χ2v) is 6.70. The molecular formula is C21H25N9O2. The van der Waals surface area contributed by atoms with Crippen LogP contribution >= 0.6 is 0 Å². The Morgan fingerprint density at radius 3 is 2.62 bits per heavy atom. The summed E-state index contributed by atoms with van der Waals surface area (Å²) in [7, 11) is 4.72. The summed E-state index contributed by atoms with van der Waals surface area (Å²) in [6.45, 7) is 0. The van der Waals surface area contributed by atoms with Gasteiger partial charge < -0.3 is 26.5 Å². The predicted molar refractivity (Wildman–Crippen MR) is 125 cm³/mol. The standard InChI is InChI=1S/C21H25N9O2/c1-25-20-14(11-22)17(30(24)12-15(23)21(31)32-3)10-18(27-20)26-19-9-16(28-29(19)2)13-7-5-4-6-8-13/h4-12,22H,23-24H2,1-3H3,(H2,25,26,27)/b15-12-,22-11?. The van der Waals surface area contributed by atoms with Gasteiger partial charge in [0.25, 0.3) is 0 Å². The molecule has 11 heteroatoms. The van der Waals surface area contributed by atoms with Crippen LogP contribution in [0.3, 0.4) is 0 Å². The van der Waals surface area contributed by atoms with E-state index in [9.17, 15) is 4.79 Å². The van der Waals surface area contributed by atoms with Crippen LogP contribution in [0.2, 0.25) is 0 Å². The number of carbonyl (C=O) groups is 1. The normalized spacial score (nSPS) is 11.1. The third-order valence-electron chi connectivity index (χ3n) is 4.60. The zero-order valence-corrected chi connectivity index (χ0v) is 18.0. The Labute approximate surface area is 185 Å². The van der Waals surface area contributed by atoms with Gasteiger partial charge in [-0.25, -0.2) is 15.6 Å². The van der Waals surface area contributed by atoms with Gasteiger partial charge in [0.2, 0.25) is 0 Å². The first kappa shape index (κ1) is 22.3. The molecule has 0 aliphatic carbocycles. The van der Waals surface area contributed by atoms with Crippen LogP contribution < -0.4 is 27.2 Å². The molecule has 0 fully saturated rings. The van der Waals surface area contributed by atoms with E-state index in [1.807, 2.05) is 43.4 Å². The van der Waals surface area contributed by atoms with E-state index in [1.54, 1.807) is 17.8 Å². The van der Waals surface area contributed by atoms with Crippen LogP contribution in [-0.4, -0.2) is 41.1 Å². The smallest absolute Gasteiger partial charge is 0.355 e. The van der Waals surface area contributed by atoms with Gasteiger partial charge in [-0.1, -0.05) is 30.3 Å². The van der Waals surface area contributed by atoms with E-state index in [2.05, 4.69) is 25.5 Å². The number of nitrogens with zero attached hydrogens (tertiary/aromatic N) is 4. The third-order valence-corrected chi connectivity index (χ3v) is 4.60. The van der Waals surface area contributed by atoms with Gasteiger partial charge in [0, 0.05) is 38.0 Å². The Morgan fingerprint density at radius 1 is 1.28 bits per heavy atom. The maximum Gasteiger partial charge on any atom is 0.355 e. The molecule has 0 amide bonds. The van der Waals surface area contributed by atoms with Crippen LogP contribution in [0.5, 0.6) is 0 Å². The molecule has 0 radical (unpaired) electrons. The molecular weight excluding hydrogens is 410 g/mol. The Kier molecular flexibility index (Phi) is 6.71. The minimum atomic E-state index is -0.721. The average Bonchev–Trinajstić information content (AvgIpc) is 3.18. The summed E-state index contributed by atoms with van der Waals surface area (Å²) in [5.41, 5.74) is 8.10. The first-order valence-corrected chi connectivity index (χ1v) is 9.57.